The van der Waals surface area contributed by atoms with E-state index < -0.39 is 6.04 Å². The molecule has 29 heavy (non-hydrogen) atoms. The first kappa shape index (κ1) is 18.7. The lowest BCUT2D eigenvalue weighted by molar-refractivity contribution is -0.126. The monoisotopic (exact) mass is 387 g/mol. The van der Waals surface area contributed by atoms with Crippen LogP contribution >= 0.6 is 0 Å². The van der Waals surface area contributed by atoms with E-state index >= 15 is 0 Å². The van der Waals surface area contributed by atoms with Crippen molar-refractivity contribution in [2.24, 2.45) is 5.92 Å². The number of benzene rings is 2. The lowest BCUT2D eigenvalue weighted by atomic mass is 10.2. The molecular weight excluding hydrogens is 366 g/mol. The molecule has 146 valence electrons. The van der Waals surface area contributed by atoms with Gasteiger partial charge in [0.25, 0.3) is 0 Å². The number of anilines is 1. The first-order valence-corrected chi connectivity index (χ1v) is 9.58. The van der Waals surface area contributed by atoms with E-state index in [1.807, 2.05) is 30.3 Å². The number of H-pyrrole nitrogens is 1. The first-order chi connectivity index (χ1) is 14.0. The van der Waals surface area contributed by atoms with Crippen molar-refractivity contribution in [1.82, 2.24) is 15.3 Å². The fraction of sp³-hybridized carbons (Fsp3) is 0.273. The molecule has 0 bridgehead atoms. The third-order valence-electron chi connectivity index (χ3n) is 5.18. The topological polar surface area (TPSA) is 111 Å². The van der Waals surface area contributed by atoms with Crippen molar-refractivity contribution in [3.63, 3.8) is 0 Å². The summed E-state index contributed by atoms with van der Waals surface area (Å²) in [6.07, 6.45) is 1.29. The molecule has 1 aromatic heterocycles. The highest BCUT2D eigenvalue weighted by molar-refractivity contribution is 5.97. The highest BCUT2D eigenvalue weighted by atomic mass is 16.2. The molecule has 1 aliphatic rings. The van der Waals surface area contributed by atoms with Crippen LogP contribution in [0.25, 0.3) is 11.0 Å². The van der Waals surface area contributed by atoms with Crippen LogP contribution in [-0.4, -0.2) is 27.8 Å². The maximum atomic E-state index is 12.3. The number of fused-ring (bicyclic) bond motifs is 1. The van der Waals surface area contributed by atoms with Gasteiger partial charge in [0.05, 0.1) is 22.7 Å². The fourth-order valence-electron chi connectivity index (χ4n) is 3.44. The molecule has 0 saturated heterocycles. The van der Waals surface area contributed by atoms with Gasteiger partial charge in [-0.2, -0.15) is 5.26 Å². The minimum absolute atomic E-state index is 0.143. The van der Waals surface area contributed by atoms with Gasteiger partial charge in [-0.1, -0.05) is 12.1 Å². The minimum Gasteiger partial charge on any atom is -0.345 e. The van der Waals surface area contributed by atoms with Gasteiger partial charge in [0.1, 0.15) is 11.9 Å². The highest BCUT2D eigenvalue weighted by Gasteiger charge is 2.42. The van der Waals surface area contributed by atoms with Crippen LogP contribution < -0.4 is 10.6 Å². The summed E-state index contributed by atoms with van der Waals surface area (Å²) in [5.41, 5.74) is 3.05. The van der Waals surface area contributed by atoms with E-state index in [9.17, 15) is 9.59 Å². The van der Waals surface area contributed by atoms with Crippen LogP contribution in [0.3, 0.4) is 0 Å². The molecule has 1 heterocycles. The molecule has 3 N–H and O–H groups in total. The second-order valence-corrected chi connectivity index (χ2v) is 7.41. The van der Waals surface area contributed by atoms with E-state index in [1.54, 1.807) is 31.2 Å². The summed E-state index contributed by atoms with van der Waals surface area (Å²) in [5, 5.41) is 14.3. The van der Waals surface area contributed by atoms with Crippen molar-refractivity contribution in [3.05, 3.63) is 59.9 Å². The summed E-state index contributed by atoms with van der Waals surface area (Å²) >= 11 is 0. The third-order valence-corrected chi connectivity index (χ3v) is 5.18. The number of aromatic amines is 1. The molecule has 3 atom stereocenters. The number of imidazole rings is 1. The van der Waals surface area contributed by atoms with E-state index in [4.69, 9.17) is 5.26 Å². The number of nitriles is 1. The van der Waals surface area contributed by atoms with Gasteiger partial charge in [-0.3, -0.25) is 9.59 Å². The van der Waals surface area contributed by atoms with Crippen LogP contribution in [0.5, 0.6) is 0 Å². The average Bonchev–Trinajstić information content (AvgIpc) is 3.34. The van der Waals surface area contributed by atoms with Crippen molar-refractivity contribution >= 4 is 28.5 Å². The molecule has 2 aromatic carbocycles. The van der Waals surface area contributed by atoms with E-state index in [1.165, 1.54) is 0 Å². The number of para-hydroxylation sites is 2. The Morgan fingerprint density at radius 2 is 2.00 bits per heavy atom. The Morgan fingerprint density at radius 3 is 2.72 bits per heavy atom. The zero-order valence-electron chi connectivity index (χ0n) is 16.0. The molecule has 1 saturated carbocycles. The number of nitrogens with zero attached hydrogens (tertiary/aromatic N) is 2. The van der Waals surface area contributed by atoms with Gasteiger partial charge in [-0.15, -0.1) is 0 Å². The zero-order valence-corrected chi connectivity index (χ0v) is 16.0. The first-order valence-electron chi connectivity index (χ1n) is 9.58. The van der Waals surface area contributed by atoms with Crippen LogP contribution in [0.4, 0.5) is 5.69 Å². The maximum Gasteiger partial charge on any atom is 0.246 e. The number of aromatic nitrogens is 2. The van der Waals surface area contributed by atoms with E-state index in [-0.39, 0.29) is 23.7 Å². The Labute approximate surface area is 168 Å². The van der Waals surface area contributed by atoms with Crippen LogP contribution in [0, 0.1) is 17.2 Å². The van der Waals surface area contributed by atoms with Gasteiger partial charge in [-0.05, 0) is 55.7 Å². The smallest absolute Gasteiger partial charge is 0.246 e. The lowest BCUT2D eigenvalue weighted by Gasteiger charge is -2.14. The number of hydrogen-bond acceptors (Lipinski definition) is 4. The Bertz CT molecular complexity index is 1060. The summed E-state index contributed by atoms with van der Waals surface area (Å²) < 4.78 is 0. The Hall–Kier alpha value is -3.66. The van der Waals surface area contributed by atoms with Gasteiger partial charge in [-0.25, -0.2) is 4.98 Å². The number of carbonyl (C=O) groups excluding carboxylic acids is 2. The average molecular weight is 387 g/mol. The number of hydrogen-bond donors (Lipinski definition) is 3. The number of amides is 2. The molecule has 1 fully saturated rings. The molecule has 7 heteroatoms. The minimum atomic E-state index is -0.651. The standard InChI is InChI=1S/C22H21N5O2/c1-13(22(29)25-16-8-6-14(12-23)7-9-16)24-20(28)11-15-10-17(15)21-26-18-4-2-3-5-19(18)27-21/h2-9,13,15,17H,10-11H2,1H3,(H,24,28)(H,25,29)(H,26,27)/t13?,15-,17+/m0/s1. The van der Waals surface area contributed by atoms with Gasteiger partial charge in [0.15, 0.2) is 0 Å². The molecule has 0 spiro atoms. The Morgan fingerprint density at radius 1 is 1.24 bits per heavy atom. The van der Waals surface area contributed by atoms with Crippen LogP contribution in [0.2, 0.25) is 0 Å². The van der Waals surface area contributed by atoms with Crippen molar-refractivity contribution in [2.45, 2.75) is 31.7 Å². The van der Waals surface area contributed by atoms with E-state index in [0.717, 1.165) is 23.3 Å². The van der Waals surface area contributed by atoms with Gasteiger partial charge in [0.2, 0.25) is 11.8 Å². The van der Waals surface area contributed by atoms with Crippen molar-refractivity contribution in [1.29, 1.82) is 5.26 Å². The third kappa shape index (κ3) is 4.27. The normalized spacial score (nSPS) is 18.6. The fourth-order valence-corrected chi connectivity index (χ4v) is 3.44. The predicted octanol–water partition coefficient (Wildman–Crippen LogP) is 3.07. The number of rotatable bonds is 6. The van der Waals surface area contributed by atoms with Crippen LogP contribution in [0.1, 0.15) is 37.1 Å². The summed E-state index contributed by atoms with van der Waals surface area (Å²) in [6, 6.07) is 15.8. The summed E-state index contributed by atoms with van der Waals surface area (Å²) in [5.74, 6) is 0.986. The van der Waals surface area contributed by atoms with Crippen LogP contribution in [0.15, 0.2) is 48.5 Å². The molecule has 1 unspecified atom stereocenters. The van der Waals surface area contributed by atoms with Gasteiger partial charge < -0.3 is 15.6 Å². The second-order valence-electron chi connectivity index (χ2n) is 7.41. The molecule has 0 radical (unpaired) electrons. The molecule has 4 rings (SSSR count). The maximum absolute atomic E-state index is 12.3. The quantitative estimate of drug-likeness (QED) is 0.603. The van der Waals surface area contributed by atoms with Crippen molar-refractivity contribution in [3.8, 4) is 6.07 Å². The number of nitrogens with one attached hydrogen (secondary N) is 3. The second kappa shape index (κ2) is 7.76. The van der Waals surface area contributed by atoms with Crippen LogP contribution in [-0.2, 0) is 9.59 Å². The Balaban J connectivity index is 1.27. The Kier molecular flexibility index (Phi) is 5.00. The summed E-state index contributed by atoms with van der Waals surface area (Å²) in [7, 11) is 0. The molecule has 0 aliphatic heterocycles. The van der Waals surface area contributed by atoms with E-state index in [0.29, 0.717) is 17.7 Å². The van der Waals surface area contributed by atoms with Gasteiger partial charge >= 0.3 is 0 Å². The largest absolute Gasteiger partial charge is 0.345 e. The molecule has 3 aromatic rings. The molecular formula is C22H21N5O2. The summed E-state index contributed by atoms with van der Waals surface area (Å²) in [4.78, 5) is 32.6. The van der Waals surface area contributed by atoms with Crippen molar-refractivity contribution < 1.29 is 9.59 Å². The molecule has 2 amide bonds. The summed E-state index contributed by atoms with van der Waals surface area (Å²) in [6.45, 7) is 1.65. The van der Waals surface area contributed by atoms with Crippen molar-refractivity contribution in [2.75, 3.05) is 5.32 Å². The molecule has 1 aliphatic carbocycles. The predicted molar refractivity (Wildman–Crippen MR) is 109 cm³/mol. The van der Waals surface area contributed by atoms with Gasteiger partial charge in [0, 0.05) is 18.0 Å². The zero-order chi connectivity index (χ0) is 20.4. The molecule has 7 nitrogen and oxygen atoms in total. The lowest BCUT2D eigenvalue weighted by Crippen LogP contribution is -2.41. The highest BCUT2D eigenvalue weighted by Crippen LogP contribution is 2.48. The number of carbonyl (C=O) groups is 2. The SMILES string of the molecule is CC(NC(=O)C[C@@H]1C[C@H]1c1nc2ccccc2[nH]1)C(=O)Nc1ccc(C#N)cc1. The van der Waals surface area contributed by atoms with E-state index in [2.05, 4.69) is 20.6 Å².